The number of nitrogens with zero attached hydrogens (tertiary/aromatic N) is 4. The van der Waals surface area contributed by atoms with Crippen molar-refractivity contribution in [3.8, 4) is 46.4 Å². The van der Waals surface area contributed by atoms with Crippen LogP contribution in [0.4, 0.5) is 28.9 Å². The van der Waals surface area contributed by atoms with Gasteiger partial charge in [-0.05, 0) is 113 Å². The number of halogens is 4. The average molecular weight is 975 g/mol. The van der Waals surface area contributed by atoms with Gasteiger partial charge in [0, 0.05) is 82.8 Å². The van der Waals surface area contributed by atoms with Gasteiger partial charge in [0.2, 0.25) is 11.8 Å². The molecule has 6 aromatic rings. The number of aromatic nitrogens is 4. The molecule has 71 heavy (non-hydrogen) atoms. The van der Waals surface area contributed by atoms with Gasteiger partial charge in [-0.2, -0.15) is 13.2 Å². The van der Waals surface area contributed by atoms with E-state index in [1.54, 1.807) is 50.5 Å². The van der Waals surface area contributed by atoms with Crippen LogP contribution in [-0.4, -0.2) is 76.5 Å². The van der Waals surface area contributed by atoms with E-state index < -0.39 is 34.3 Å². The van der Waals surface area contributed by atoms with Gasteiger partial charge in [-0.3, -0.25) is 19.6 Å². The van der Waals surface area contributed by atoms with Crippen molar-refractivity contribution in [1.29, 1.82) is 0 Å². The first-order chi connectivity index (χ1) is 33.8. The van der Waals surface area contributed by atoms with Gasteiger partial charge >= 0.3 is 6.18 Å². The summed E-state index contributed by atoms with van der Waals surface area (Å²) in [4.78, 5) is 43.1. The normalized spacial score (nSPS) is 17.7. The number of alkyl halides is 4. The third kappa shape index (κ3) is 11.9. The van der Waals surface area contributed by atoms with Crippen molar-refractivity contribution in [3.05, 3.63) is 142 Å². The SMILES string of the molecule is C#CC(C)(C)c1cc(C(=O)Nc2ccc(C)c(-c3cnc(OCC)c(C4(O)CCOC4)c3)c2)ccn1.CCOc1ncc(-c2cc(NC(=O)c3cccc(C(F)(F)F)c3)cnc2C)cc1C1(F)CCOC1. The van der Waals surface area contributed by atoms with Crippen molar-refractivity contribution in [2.45, 2.75) is 77.2 Å². The second kappa shape index (κ2) is 21.4. The molecule has 2 saturated heterocycles. The maximum atomic E-state index is 15.6. The monoisotopic (exact) mass is 974 g/mol. The molecule has 13 nitrogen and oxygen atoms in total. The van der Waals surface area contributed by atoms with E-state index in [1.165, 1.54) is 24.5 Å². The first-order valence-corrected chi connectivity index (χ1v) is 22.9. The van der Waals surface area contributed by atoms with Gasteiger partial charge in [-0.25, -0.2) is 14.4 Å². The van der Waals surface area contributed by atoms with E-state index in [-0.39, 0.29) is 54.8 Å². The Bertz CT molecular complexity index is 2960. The van der Waals surface area contributed by atoms with Crippen molar-refractivity contribution < 1.29 is 51.2 Å². The average Bonchev–Trinajstić information content (AvgIpc) is 4.02. The molecule has 2 fully saturated rings. The minimum atomic E-state index is -4.56. The number of ether oxygens (including phenoxy) is 4. The predicted molar refractivity (Wildman–Crippen MR) is 260 cm³/mol. The molecule has 17 heteroatoms. The minimum absolute atomic E-state index is 0.109. The van der Waals surface area contributed by atoms with Crippen LogP contribution in [0.25, 0.3) is 22.3 Å². The quantitative estimate of drug-likeness (QED) is 0.0745. The lowest BCUT2D eigenvalue weighted by Gasteiger charge is -2.24. The van der Waals surface area contributed by atoms with E-state index in [0.717, 1.165) is 28.8 Å². The highest BCUT2D eigenvalue weighted by molar-refractivity contribution is 6.05. The Morgan fingerprint density at radius 2 is 1.38 bits per heavy atom. The fraction of sp³-hybridized carbons (Fsp3) is 0.333. The van der Waals surface area contributed by atoms with E-state index in [2.05, 4.69) is 36.5 Å². The third-order valence-corrected chi connectivity index (χ3v) is 12.2. The van der Waals surface area contributed by atoms with Crippen molar-refractivity contribution >= 4 is 23.2 Å². The zero-order valence-corrected chi connectivity index (χ0v) is 40.2. The Balaban J connectivity index is 0.000000209. The Hall–Kier alpha value is -7.26. The number of carbonyl (C=O) groups excluding carboxylic acids is 2. The van der Waals surface area contributed by atoms with Gasteiger partial charge in [0.1, 0.15) is 5.60 Å². The van der Waals surface area contributed by atoms with Gasteiger partial charge in [0.05, 0.1) is 67.2 Å². The number of aryl methyl sites for hydroxylation is 2. The Morgan fingerprint density at radius 1 is 0.761 bits per heavy atom. The molecule has 2 amide bonds. The topological polar surface area (TPSA) is 167 Å². The molecule has 3 N–H and O–H groups in total. The van der Waals surface area contributed by atoms with Crippen LogP contribution in [0.2, 0.25) is 0 Å². The summed E-state index contributed by atoms with van der Waals surface area (Å²) < 4.78 is 76.5. The van der Waals surface area contributed by atoms with Gasteiger partial charge < -0.3 is 34.7 Å². The lowest BCUT2D eigenvalue weighted by molar-refractivity contribution is -0.137. The highest BCUT2D eigenvalue weighted by Gasteiger charge is 2.41. The summed E-state index contributed by atoms with van der Waals surface area (Å²) >= 11 is 0. The molecule has 2 aliphatic rings. The molecule has 0 radical (unpaired) electrons. The van der Waals surface area contributed by atoms with Gasteiger partial charge in [-0.1, -0.05) is 18.1 Å². The van der Waals surface area contributed by atoms with Crippen molar-refractivity contribution in [2.75, 3.05) is 50.3 Å². The number of hydrogen-bond acceptors (Lipinski definition) is 11. The zero-order chi connectivity index (χ0) is 51.1. The number of carbonyl (C=O) groups is 2. The number of pyridine rings is 4. The number of anilines is 2. The number of nitrogens with one attached hydrogen (secondary N) is 2. The summed E-state index contributed by atoms with van der Waals surface area (Å²) in [6.45, 7) is 12.7. The van der Waals surface area contributed by atoms with Crippen LogP contribution >= 0.6 is 0 Å². The van der Waals surface area contributed by atoms with E-state index in [1.807, 2.05) is 52.0 Å². The molecular formula is C54H54F4N6O7. The molecule has 2 aliphatic heterocycles. The summed E-state index contributed by atoms with van der Waals surface area (Å²) in [5, 5.41) is 16.7. The summed E-state index contributed by atoms with van der Waals surface area (Å²) in [7, 11) is 0. The molecule has 2 atom stereocenters. The highest BCUT2D eigenvalue weighted by Crippen LogP contribution is 2.42. The van der Waals surface area contributed by atoms with Gasteiger partial charge in [0.25, 0.3) is 11.8 Å². The first-order valence-electron chi connectivity index (χ1n) is 22.9. The highest BCUT2D eigenvalue weighted by atomic mass is 19.4. The van der Waals surface area contributed by atoms with Crippen LogP contribution in [0.5, 0.6) is 11.8 Å². The predicted octanol–water partition coefficient (Wildman–Crippen LogP) is 10.3. The van der Waals surface area contributed by atoms with Crippen molar-refractivity contribution in [3.63, 3.8) is 0 Å². The van der Waals surface area contributed by atoms with E-state index in [9.17, 15) is 27.9 Å². The van der Waals surface area contributed by atoms with E-state index >= 15 is 4.39 Å². The Kier molecular flexibility index (Phi) is 15.5. The van der Waals surface area contributed by atoms with Crippen LogP contribution < -0.4 is 20.1 Å². The Labute approximate surface area is 409 Å². The van der Waals surface area contributed by atoms with Crippen molar-refractivity contribution in [1.82, 2.24) is 19.9 Å². The van der Waals surface area contributed by atoms with Crippen molar-refractivity contribution in [2.24, 2.45) is 0 Å². The second-order valence-corrected chi connectivity index (χ2v) is 17.7. The number of aliphatic hydroxyl groups is 1. The number of rotatable bonds is 13. The van der Waals surface area contributed by atoms with E-state index in [0.29, 0.717) is 71.5 Å². The third-order valence-electron chi connectivity index (χ3n) is 12.2. The van der Waals surface area contributed by atoms with E-state index in [4.69, 9.17) is 25.4 Å². The van der Waals surface area contributed by atoms with Crippen LogP contribution in [0.3, 0.4) is 0 Å². The van der Waals surface area contributed by atoms with Gasteiger partial charge in [0.15, 0.2) is 5.67 Å². The molecule has 2 aromatic carbocycles. The molecule has 0 bridgehead atoms. The largest absolute Gasteiger partial charge is 0.478 e. The fourth-order valence-electron chi connectivity index (χ4n) is 8.01. The molecule has 0 spiro atoms. The maximum absolute atomic E-state index is 15.6. The minimum Gasteiger partial charge on any atom is -0.478 e. The summed E-state index contributed by atoms with van der Waals surface area (Å²) in [5.74, 6) is 2.32. The maximum Gasteiger partial charge on any atom is 0.416 e. The second-order valence-electron chi connectivity index (χ2n) is 17.7. The number of hydrogen-bond donors (Lipinski definition) is 3. The van der Waals surface area contributed by atoms with Crippen LogP contribution in [-0.2, 0) is 32.3 Å². The molecule has 8 rings (SSSR count). The summed E-state index contributed by atoms with van der Waals surface area (Å²) in [5.41, 5.74) is 2.77. The number of benzene rings is 2. The first kappa shape index (κ1) is 51.6. The smallest absolute Gasteiger partial charge is 0.416 e. The van der Waals surface area contributed by atoms with Crippen LogP contribution in [0.15, 0.2) is 97.6 Å². The Morgan fingerprint density at radius 3 is 2.01 bits per heavy atom. The molecule has 4 aromatic heterocycles. The fourth-order valence-corrected chi connectivity index (χ4v) is 8.01. The lowest BCUT2D eigenvalue weighted by Crippen LogP contribution is -2.27. The zero-order valence-electron chi connectivity index (χ0n) is 40.2. The molecule has 6 heterocycles. The van der Waals surface area contributed by atoms with Crippen LogP contribution in [0, 0.1) is 26.2 Å². The molecule has 0 saturated carbocycles. The molecule has 0 aliphatic carbocycles. The molecule has 2 unspecified atom stereocenters. The molecule has 370 valence electrons. The van der Waals surface area contributed by atoms with Crippen LogP contribution in [0.1, 0.15) is 94.9 Å². The lowest BCUT2D eigenvalue weighted by atomic mass is 9.89. The molecular weight excluding hydrogens is 921 g/mol. The summed E-state index contributed by atoms with van der Waals surface area (Å²) in [6, 6.07) is 18.4. The number of amides is 2. The summed E-state index contributed by atoms with van der Waals surface area (Å²) in [6.07, 6.45) is 7.94. The number of terminal acetylenes is 1. The van der Waals surface area contributed by atoms with Gasteiger partial charge in [-0.15, -0.1) is 6.42 Å². The standard InChI is InChI=1S/C29H31N3O4.C25H23F4N3O3/c1-6-28(4,5)25-15-20(10-12-30-25)26(33)32-22-9-8-19(3)23(16-22)21-14-24(27(31-17-21)36-7-2)29(34)11-13-35-18-29;1-3-35-23-21(24(26)7-8-34-14-24)10-17(12-31-23)20-11-19(13-30-15(20)2)32-22(33)16-5-4-6-18(9-16)25(27,28)29/h1,8-10,12,14-17,34H,7,11,13,18H2,2-5H3,(H,32,33);4-6,9-13H,3,7-8,14H2,1-2H3,(H,32,33).